The van der Waals surface area contributed by atoms with Gasteiger partial charge in [-0.05, 0) is 34.1 Å². The van der Waals surface area contributed by atoms with Gasteiger partial charge in [-0.15, -0.1) is 0 Å². The van der Waals surface area contributed by atoms with Gasteiger partial charge < -0.3 is 9.84 Å². The molecule has 18 heavy (non-hydrogen) atoms. The molecule has 2 rings (SSSR count). The van der Waals surface area contributed by atoms with E-state index in [1.807, 2.05) is 0 Å². The summed E-state index contributed by atoms with van der Waals surface area (Å²) in [5, 5.41) is 6.13. The molecule has 0 spiro atoms. The second-order valence-corrected chi connectivity index (χ2v) is 4.32. The van der Waals surface area contributed by atoms with E-state index in [1.54, 1.807) is 0 Å². The lowest BCUT2D eigenvalue weighted by atomic mass is 10.2. The summed E-state index contributed by atoms with van der Waals surface area (Å²) in [7, 11) is 0. The number of nitrogens with zero attached hydrogens (tertiary/aromatic N) is 2. The smallest absolute Gasteiger partial charge is 0.251 e. The van der Waals surface area contributed by atoms with E-state index in [1.165, 1.54) is 24.5 Å². The monoisotopic (exact) mass is 313 g/mol. The molecule has 0 saturated carbocycles. The summed E-state index contributed by atoms with van der Waals surface area (Å²) in [4.78, 5) is 15.5. The minimum Gasteiger partial charge on any atom is -0.352 e. The molecule has 1 amide bonds. The fourth-order valence-corrected chi connectivity index (χ4v) is 1.71. The highest BCUT2D eigenvalue weighted by atomic mass is 79.9. The van der Waals surface area contributed by atoms with Crippen molar-refractivity contribution in [2.24, 2.45) is 0 Å². The highest BCUT2D eigenvalue weighted by molar-refractivity contribution is 9.10. The first-order valence-electron chi connectivity index (χ1n) is 5.15. The largest absolute Gasteiger partial charge is 0.352 e. The molecule has 7 heteroatoms. The summed E-state index contributed by atoms with van der Waals surface area (Å²) in [5.74, 6) is -0.233. The Bertz CT molecular complexity index is 545. The van der Waals surface area contributed by atoms with E-state index in [-0.39, 0.29) is 10.4 Å². The maximum Gasteiger partial charge on any atom is 0.251 e. The third-order valence-corrected chi connectivity index (χ3v) is 2.82. The van der Waals surface area contributed by atoms with E-state index < -0.39 is 5.82 Å². The van der Waals surface area contributed by atoms with Crippen LogP contribution in [0.3, 0.4) is 0 Å². The zero-order valence-electron chi connectivity index (χ0n) is 9.19. The second-order valence-electron chi connectivity index (χ2n) is 3.47. The standard InChI is InChI=1S/C11H9BrFN3O2/c12-8-5-7(1-2-9(8)13)11(17)14-4-3-10-15-6-16-18-10/h1-2,5-6H,3-4H2,(H,14,17). The van der Waals surface area contributed by atoms with E-state index in [9.17, 15) is 9.18 Å². The first-order chi connectivity index (χ1) is 8.66. The number of nitrogens with one attached hydrogen (secondary N) is 1. The van der Waals surface area contributed by atoms with Crippen LogP contribution >= 0.6 is 15.9 Å². The Morgan fingerprint density at radius 2 is 2.33 bits per heavy atom. The fraction of sp³-hybridized carbons (Fsp3) is 0.182. The van der Waals surface area contributed by atoms with Crippen LogP contribution in [-0.2, 0) is 6.42 Å². The Morgan fingerprint density at radius 1 is 1.50 bits per heavy atom. The maximum absolute atomic E-state index is 13.0. The molecule has 2 aromatic rings. The van der Waals surface area contributed by atoms with Crippen LogP contribution in [0.1, 0.15) is 16.2 Å². The first-order valence-corrected chi connectivity index (χ1v) is 5.95. The van der Waals surface area contributed by atoms with Gasteiger partial charge >= 0.3 is 0 Å². The van der Waals surface area contributed by atoms with E-state index in [0.717, 1.165) is 0 Å². The molecule has 1 aromatic heterocycles. The van der Waals surface area contributed by atoms with Crippen LogP contribution in [0.25, 0.3) is 0 Å². The van der Waals surface area contributed by atoms with Crippen LogP contribution in [0, 0.1) is 5.82 Å². The van der Waals surface area contributed by atoms with Crippen molar-refractivity contribution in [3.05, 3.63) is 46.3 Å². The van der Waals surface area contributed by atoms with Crippen LogP contribution < -0.4 is 5.32 Å². The Hall–Kier alpha value is -1.76. The molecule has 0 aliphatic rings. The quantitative estimate of drug-likeness (QED) is 0.936. The van der Waals surface area contributed by atoms with Crippen molar-refractivity contribution < 1.29 is 13.7 Å². The first kappa shape index (κ1) is 12.7. The Morgan fingerprint density at radius 3 is 3.00 bits per heavy atom. The normalized spacial score (nSPS) is 10.3. The van der Waals surface area contributed by atoms with Gasteiger partial charge in [0.1, 0.15) is 5.82 Å². The molecule has 94 valence electrons. The van der Waals surface area contributed by atoms with E-state index in [2.05, 4.69) is 31.4 Å². The summed E-state index contributed by atoms with van der Waals surface area (Å²) < 4.78 is 18.0. The lowest BCUT2D eigenvalue weighted by Gasteiger charge is -2.04. The average Bonchev–Trinajstić information content (AvgIpc) is 2.85. The van der Waals surface area contributed by atoms with E-state index >= 15 is 0 Å². The van der Waals surface area contributed by atoms with E-state index in [4.69, 9.17) is 4.52 Å². The minimum absolute atomic E-state index is 0.257. The number of hydrogen-bond donors (Lipinski definition) is 1. The molecule has 0 bridgehead atoms. The lowest BCUT2D eigenvalue weighted by molar-refractivity contribution is 0.0953. The van der Waals surface area contributed by atoms with Gasteiger partial charge in [-0.25, -0.2) is 4.39 Å². The molecule has 0 atom stereocenters. The second kappa shape index (κ2) is 5.72. The fourth-order valence-electron chi connectivity index (χ4n) is 1.33. The summed E-state index contributed by atoms with van der Waals surface area (Å²) in [6, 6.07) is 4.08. The predicted octanol–water partition coefficient (Wildman–Crippen LogP) is 1.94. The number of amides is 1. The lowest BCUT2D eigenvalue weighted by Crippen LogP contribution is -2.25. The SMILES string of the molecule is O=C(NCCc1ncno1)c1ccc(F)c(Br)c1. The molecule has 1 heterocycles. The van der Waals surface area contributed by atoms with Crippen molar-refractivity contribution in [1.82, 2.24) is 15.5 Å². The number of aromatic nitrogens is 2. The maximum atomic E-state index is 13.0. The van der Waals surface area contributed by atoms with E-state index in [0.29, 0.717) is 24.4 Å². The highest BCUT2D eigenvalue weighted by Crippen LogP contribution is 2.16. The molecule has 0 aliphatic carbocycles. The minimum atomic E-state index is -0.405. The van der Waals surface area contributed by atoms with Gasteiger partial charge in [-0.2, -0.15) is 4.98 Å². The average molecular weight is 314 g/mol. The Kier molecular flexibility index (Phi) is 4.03. The van der Waals surface area contributed by atoms with Crippen LogP contribution in [0.5, 0.6) is 0 Å². The topological polar surface area (TPSA) is 68.0 Å². The van der Waals surface area contributed by atoms with Gasteiger partial charge in [0, 0.05) is 18.5 Å². The zero-order valence-corrected chi connectivity index (χ0v) is 10.8. The summed E-state index contributed by atoms with van der Waals surface area (Å²) in [6.45, 7) is 0.371. The van der Waals surface area contributed by atoms with Gasteiger partial charge in [-0.3, -0.25) is 4.79 Å². The Balaban J connectivity index is 1.89. The molecule has 1 N–H and O–H groups in total. The molecule has 0 saturated heterocycles. The van der Waals surface area contributed by atoms with Crippen molar-refractivity contribution in [1.29, 1.82) is 0 Å². The number of carbonyl (C=O) groups is 1. The Labute approximate surface area is 111 Å². The van der Waals surface area contributed by atoms with Crippen LogP contribution in [0.4, 0.5) is 4.39 Å². The van der Waals surface area contributed by atoms with Gasteiger partial charge in [0.15, 0.2) is 6.33 Å². The molecular weight excluding hydrogens is 305 g/mol. The molecule has 0 aliphatic heterocycles. The number of carbonyl (C=O) groups excluding carboxylic acids is 1. The van der Waals surface area contributed by atoms with Crippen LogP contribution in [-0.4, -0.2) is 22.6 Å². The van der Waals surface area contributed by atoms with Crippen molar-refractivity contribution in [3.63, 3.8) is 0 Å². The van der Waals surface area contributed by atoms with Crippen molar-refractivity contribution >= 4 is 21.8 Å². The molecule has 1 aromatic carbocycles. The van der Waals surface area contributed by atoms with Gasteiger partial charge in [0.05, 0.1) is 4.47 Å². The molecular formula is C11H9BrFN3O2. The van der Waals surface area contributed by atoms with Gasteiger partial charge in [0.25, 0.3) is 5.91 Å². The number of hydrogen-bond acceptors (Lipinski definition) is 4. The summed E-state index contributed by atoms with van der Waals surface area (Å²) >= 11 is 3.03. The molecule has 0 unspecified atom stereocenters. The van der Waals surface area contributed by atoms with Crippen LogP contribution in [0.15, 0.2) is 33.5 Å². The van der Waals surface area contributed by atoms with Gasteiger partial charge in [0.2, 0.25) is 5.89 Å². The molecule has 5 nitrogen and oxygen atoms in total. The number of benzene rings is 1. The van der Waals surface area contributed by atoms with Crippen molar-refractivity contribution in [2.75, 3.05) is 6.54 Å². The molecule has 0 fully saturated rings. The summed E-state index contributed by atoms with van der Waals surface area (Å²) in [5.41, 5.74) is 0.383. The third-order valence-electron chi connectivity index (χ3n) is 2.21. The molecule has 0 radical (unpaired) electrons. The number of rotatable bonds is 4. The summed E-state index contributed by atoms with van der Waals surface area (Å²) in [6.07, 6.45) is 1.75. The zero-order chi connectivity index (χ0) is 13.0. The van der Waals surface area contributed by atoms with Crippen molar-refractivity contribution in [3.8, 4) is 0 Å². The predicted molar refractivity (Wildman–Crippen MR) is 64.4 cm³/mol. The highest BCUT2D eigenvalue weighted by Gasteiger charge is 2.08. The van der Waals surface area contributed by atoms with Crippen LogP contribution in [0.2, 0.25) is 0 Å². The van der Waals surface area contributed by atoms with Crippen molar-refractivity contribution in [2.45, 2.75) is 6.42 Å². The number of halogens is 2. The third kappa shape index (κ3) is 3.13. The van der Waals surface area contributed by atoms with Gasteiger partial charge in [-0.1, -0.05) is 5.16 Å².